The lowest BCUT2D eigenvalue weighted by Gasteiger charge is -2.08. The Labute approximate surface area is 159 Å². The molecule has 12 heteroatoms. The van der Waals surface area contributed by atoms with E-state index in [2.05, 4.69) is 10.2 Å². The van der Waals surface area contributed by atoms with E-state index in [0.717, 1.165) is 24.3 Å². The molecule has 5 N–H and O–H groups in total. The van der Waals surface area contributed by atoms with Gasteiger partial charge in [0.15, 0.2) is 0 Å². The summed E-state index contributed by atoms with van der Waals surface area (Å²) in [6.45, 7) is 0. The summed E-state index contributed by atoms with van der Waals surface area (Å²) >= 11 is 0. The fraction of sp³-hybridized carbons (Fsp3) is 0. The molecule has 146 valence electrons. The first-order valence-corrected chi connectivity index (χ1v) is 10.4. The van der Waals surface area contributed by atoms with E-state index in [-0.39, 0.29) is 32.7 Å². The van der Waals surface area contributed by atoms with Gasteiger partial charge in [0.25, 0.3) is 20.2 Å². The fourth-order valence-corrected chi connectivity index (χ4v) is 3.45. The van der Waals surface area contributed by atoms with E-state index >= 15 is 0 Å². The van der Waals surface area contributed by atoms with Crippen LogP contribution in [0.1, 0.15) is 0 Å². The SMILES string of the molecule is Nc1ccc2c(O)cc(S(=O)(=O)O)cc2c1N=Nc1ccc(S(=O)(=O)O)cc1. The summed E-state index contributed by atoms with van der Waals surface area (Å²) in [6, 6.07) is 9.69. The van der Waals surface area contributed by atoms with Crippen LogP contribution < -0.4 is 5.73 Å². The van der Waals surface area contributed by atoms with Gasteiger partial charge in [-0.2, -0.15) is 21.9 Å². The Bertz CT molecular complexity index is 1320. The van der Waals surface area contributed by atoms with Crippen LogP contribution in [0.5, 0.6) is 5.75 Å². The number of nitrogen functional groups attached to an aromatic ring is 1. The van der Waals surface area contributed by atoms with Gasteiger partial charge in [0.1, 0.15) is 11.4 Å². The average Bonchev–Trinajstić information content (AvgIpc) is 2.59. The topological polar surface area (TPSA) is 180 Å². The third kappa shape index (κ3) is 3.94. The molecule has 0 saturated carbocycles. The number of anilines is 1. The molecular weight excluding hydrogens is 410 g/mol. The Balaban J connectivity index is 2.13. The lowest BCUT2D eigenvalue weighted by atomic mass is 10.1. The maximum Gasteiger partial charge on any atom is 0.294 e. The number of phenolic OH excluding ortho intramolecular Hbond substituents is 1. The summed E-state index contributed by atoms with van der Waals surface area (Å²) in [5.74, 6) is -0.404. The Kier molecular flexibility index (Phi) is 4.81. The minimum atomic E-state index is -4.59. The summed E-state index contributed by atoms with van der Waals surface area (Å²) in [5, 5.41) is 18.3. The summed E-state index contributed by atoms with van der Waals surface area (Å²) in [7, 11) is -8.93. The lowest BCUT2D eigenvalue weighted by molar-refractivity contribution is 0.471. The lowest BCUT2D eigenvalue weighted by Crippen LogP contribution is -1.98. The molecule has 28 heavy (non-hydrogen) atoms. The normalized spacial score (nSPS) is 12.6. The van der Waals surface area contributed by atoms with Crippen molar-refractivity contribution >= 4 is 48.1 Å². The molecule has 0 aromatic heterocycles. The molecule has 0 unspecified atom stereocenters. The van der Waals surface area contributed by atoms with Gasteiger partial charge in [-0.05, 0) is 42.5 Å². The van der Waals surface area contributed by atoms with Gasteiger partial charge in [0.2, 0.25) is 0 Å². The smallest absolute Gasteiger partial charge is 0.294 e. The number of nitrogens with two attached hydrogens (primary N) is 1. The van der Waals surface area contributed by atoms with Crippen molar-refractivity contribution < 1.29 is 31.0 Å². The van der Waals surface area contributed by atoms with Crippen molar-refractivity contribution in [2.75, 3.05) is 5.73 Å². The van der Waals surface area contributed by atoms with Gasteiger partial charge in [-0.25, -0.2) is 0 Å². The van der Waals surface area contributed by atoms with Crippen LogP contribution in [-0.4, -0.2) is 31.0 Å². The van der Waals surface area contributed by atoms with Crippen molar-refractivity contribution in [3.63, 3.8) is 0 Å². The highest BCUT2D eigenvalue weighted by Crippen LogP contribution is 2.39. The number of azo groups is 1. The Morgan fingerprint density at radius 3 is 1.93 bits per heavy atom. The molecule has 3 aromatic rings. The van der Waals surface area contributed by atoms with Crippen molar-refractivity contribution in [2.24, 2.45) is 10.2 Å². The van der Waals surface area contributed by atoms with Crippen molar-refractivity contribution in [3.05, 3.63) is 48.5 Å². The maximum absolute atomic E-state index is 11.4. The second-order valence-electron chi connectivity index (χ2n) is 5.68. The van der Waals surface area contributed by atoms with Crippen LogP contribution in [0, 0.1) is 0 Å². The molecule has 0 spiro atoms. The summed E-state index contributed by atoms with van der Waals surface area (Å²) in [6.07, 6.45) is 0. The van der Waals surface area contributed by atoms with Crippen molar-refractivity contribution in [3.8, 4) is 5.75 Å². The van der Waals surface area contributed by atoms with Gasteiger partial charge in [0.05, 0.1) is 21.2 Å². The predicted octanol–water partition coefficient (Wildman–Crippen LogP) is 3.04. The molecule has 0 fully saturated rings. The van der Waals surface area contributed by atoms with Crippen molar-refractivity contribution in [2.45, 2.75) is 9.79 Å². The number of hydrogen-bond donors (Lipinski definition) is 4. The second kappa shape index (κ2) is 6.83. The minimum Gasteiger partial charge on any atom is -0.507 e. The standard InChI is InChI=1S/C16H13N3O7S2/c17-14-6-5-12-13(7-11(8-15(12)20)28(24,25)26)16(14)19-18-9-1-3-10(4-2-9)27(21,22)23/h1-8,20H,17H2,(H,21,22,23)(H,24,25,26). The molecule has 0 aliphatic heterocycles. The molecule has 0 amide bonds. The predicted molar refractivity (Wildman–Crippen MR) is 100 cm³/mol. The van der Waals surface area contributed by atoms with Crippen molar-refractivity contribution in [1.82, 2.24) is 0 Å². The number of hydrogen-bond acceptors (Lipinski definition) is 8. The molecule has 0 bridgehead atoms. The highest BCUT2D eigenvalue weighted by molar-refractivity contribution is 7.86. The van der Waals surface area contributed by atoms with Crippen LogP contribution >= 0.6 is 0 Å². The average molecular weight is 423 g/mol. The first-order valence-electron chi connectivity index (χ1n) is 7.49. The fourth-order valence-electron chi connectivity index (χ4n) is 2.44. The van der Waals surface area contributed by atoms with Gasteiger partial charge in [-0.1, -0.05) is 0 Å². The van der Waals surface area contributed by atoms with Gasteiger partial charge in [0, 0.05) is 16.8 Å². The van der Waals surface area contributed by atoms with Crippen LogP contribution in [-0.2, 0) is 20.2 Å². The van der Waals surface area contributed by atoms with Gasteiger partial charge in [-0.15, -0.1) is 5.11 Å². The van der Waals surface area contributed by atoms with E-state index in [4.69, 9.17) is 10.3 Å². The number of rotatable bonds is 4. The van der Waals surface area contributed by atoms with E-state index in [0.29, 0.717) is 0 Å². The highest BCUT2D eigenvalue weighted by atomic mass is 32.2. The summed E-state index contributed by atoms with van der Waals surface area (Å²) in [5.41, 5.74) is 6.26. The summed E-state index contributed by atoms with van der Waals surface area (Å²) < 4.78 is 63.1. The third-order valence-corrected chi connectivity index (χ3v) is 5.49. The Hall–Kier alpha value is -3.06. The number of aromatic hydroxyl groups is 1. The van der Waals surface area contributed by atoms with Crippen LogP contribution in [0.15, 0.2) is 68.6 Å². The molecule has 0 aliphatic carbocycles. The zero-order valence-electron chi connectivity index (χ0n) is 13.9. The van der Waals surface area contributed by atoms with E-state index in [9.17, 15) is 26.5 Å². The Morgan fingerprint density at radius 1 is 0.750 bits per heavy atom. The van der Waals surface area contributed by atoms with Gasteiger partial charge in [-0.3, -0.25) is 9.11 Å². The van der Waals surface area contributed by atoms with E-state index in [1.807, 2.05) is 0 Å². The van der Waals surface area contributed by atoms with Crippen molar-refractivity contribution in [1.29, 1.82) is 0 Å². The van der Waals surface area contributed by atoms with E-state index < -0.39 is 30.9 Å². The van der Waals surface area contributed by atoms with Crippen LogP contribution in [0.3, 0.4) is 0 Å². The van der Waals surface area contributed by atoms with Crippen LogP contribution in [0.4, 0.5) is 17.1 Å². The third-order valence-electron chi connectivity index (χ3n) is 3.79. The monoisotopic (exact) mass is 423 g/mol. The van der Waals surface area contributed by atoms with E-state index in [1.165, 1.54) is 24.3 Å². The second-order valence-corrected chi connectivity index (χ2v) is 8.53. The zero-order chi connectivity index (χ0) is 20.7. The quantitative estimate of drug-likeness (QED) is 0.281. The number of nitrogens with zero attached hydrogens (tertiary/aromatic N) is 2. The molecule has 0 saturated heterocycles. The molecule has 10 nitrogen and oxygen atoms in total. The summed E-state index contributed by atoms with van der Waals surface area (Å²) in [4.78, 5) is -0.865. The molecule has 3 rings (SSSR count). The number of fused-ring (bicyclic) bond motifs is 1. The largest absolute Gasteiger partial charge is 0.507 e. The molecule has 0 aliphatic rings. The number of phenols is 1. The first kappa shape index (κ1) is 19.7. The first-order chi connectivity index (χ1) is 13.0. The van der Waals surface area contributed by atoms with E-state index in [1.54, 1.807) is 0 Å². The molecule has 0 heterocycles. The molecular formula is C16H13N3O7S2. The zero-order valence-corrected chi connectivity index (χ0v) is 15.5. The van der Waals surface area contributed by atoms with Gasteiger partial charge >= 0.3 is 0 Å². The maximum atomic E-state index is 11.4. The van der Waals surface area contributed by atoms with Crippen LogP contribution in [0.2, 0.25) is 0 Å². The molecule has 3 aromatic carbocycles. The Morgan fingerprint density at radius 2 is 1.36 bits per heavy atom. The minimum absolute atomic E-state index is 0.0390. The number of benzene rings is 3. The molecule has 0 atom stereocenters. The van der Waals surface area contributed by atoms with Crippen LogP contribution in [0.25, 0.3) is 10.8 Å². The highest BCUT2D eigenvalue weighted by Gasteiger charge is 2.16. The molecule has 0 radical (unpaired) electrons. The van der Waals surface area contributed by atoms with Gasteiger partial charge < -0.3 is 10.8 Å².